The average Bonchev–Trinajstić information content (AvgIpc) is 2.45. The topological polar surface area (TPSA) is 56.7 Å². The van der Waals surface area contributed by atoms with Crippen LogP contribution >= 0.6 is 0 Å². The Balaban J connectivity index is 0.000000690. The molecule has 0 fully saturated rings. The second-order valence-corrected chi connectivity index (χ2v) is 6.10. The molecule has 0 unspecified atom stereocenters. The SMILES string of the molecule is CC(C)(C)CCc1ccc(NC=NO)cc1.CCNCC. The van der Waals surface area contributed by atoms with Crippen LogP contribution in [0.15, 0.2) is 29.4 Å². The van der Waals surface area contributed by atoms with Crippen LogP contribution in [-0.2, 0) is 6.42 Å². The van der Waals surface area contributed by atoms with Gasteiger partial charge in [-0.1, -0.05) is 51.9 Å². The summed E-state index contributed by atoms with van der Waals surface area (Å²) in [4.78, 5) is 0. The van der Waals surface area contributed by atoms with Crippen LogP contribution in [0.1, 0.15) is 46.6 Å². The molecule has 0 radical (unpaired) electrons. The lowest BCUT2D eigenvalue weighted by molar-refractivity contribution is 0.321. The van der Waals surface area contributed by atoms with Gasteiger partial charge >= 0.3 is 0 Å². The average molecular weight is 293 g/mol. The van der Waals surface area contributed by atoms with Crippen molar-refractivity contribution in [3.63, 3.8) is 0 Å². The molecule has 1 aromatic rings. The van der Waals surface area contributed by atoms with Crippen molar-refractivity contribution in [2.45, 2.75) is 47.5 Å². The third kappa shape index (κ3) is 11.9. The Morgan fingerprint density at radius 2 is 1.67 bits per heavy atom. The highest BCUT2D eigenvalue weighted by Gasteiger charge is 2.09. The first-order valence-electron chi connectivity index (χ1n) is 7.65. The summed E-state index contributed by atoms with van der Waals surface area (Å²) in [5.41, 5.74) is 2.64. The van der Waals surface area contributed by atoms with Gasteiger partial charge in [0.05, 0.1) is 0 Å². The third-order valence-electron chi connectivity index (χ3n) is 2.91. The van der Waals surface area contributed by atoms with Gasteiger partial charge in [0.15, 0.2) is 0 Å². The molecule has 0 amide bonds. The van der Waals surface area contributed by atoms with Crippen LogP contribution in [-0.4, -0.2) is 24.6 Å². The molecule has 0 bridgehead atoms. The molecule has 0 aromatic heterocycles. The first-order chi connectivity index (χ1) is 9.92. The quantitative estimate of drug-likeness (QED) is 0.320. The molecule has 1 aromatic carbocycles. The third-order valence-corrected chi connectivity index (χ3v) is 2.91. The minimum atomic E-state index is 0.375. The second-order valence-electron chi connectivity index (χ2n) is 6.10. The second kappa shape index (κ2) is 11.1. The van der Waals surface area contributed by atoms with Gasteiger partial charge in [0.2, 0.25) is 0 Å². The number of nitrogens with one attached hydrogen (secondary N) is 2. The highest BCUT2D eigenvalue weighted by molar-refractivity contribution is 5.74. The zero-order valence-corrected chi connectivity index (χ0v) is 14.1. The molecular weight excluding hydrogens is 262 g/mol. The summed E-state index contributed by atoms with van der Waals surface area (Å²) in [6, 6.07) is 8.16. The predicted octanol–water partition coefficient (Wildman–Crippen LogP) is 4.11. The molecule has 0 spiro atoms. The molecule has 120 valence electrons. The van der Waals surface area contributed by atoms with Gasteiger partial charge in [-0.15, -0.1) is 0 Å². The maximum atomic E-state index is 8.26. The van der Waals surface area contributed by atoms with Gasteiger partial charge < -0.3 is 15.8 Å². The molecule has 4 heteroatoms. The molecule has 4 nitrogen and oxygen atoms in total. The first-order valence-corrected chi connectivity index (χ1v) is 7.65. The fourth-order valence-corrected chi connectivity index (χ4v) is 1.64. The molecule has 0 aliphatic carbocycles. The van der Waals surface area contributed by atoms with E-state index in [-0.39, 0.29) is 0 Å². The molecule has 21 heavy (non-hydrogen) atoms. The van der Waals surface area contributed by atoms with E-state index in [0.717, 1.165) is 25.2 Å². The summed E-state index contributed by atoms with van der Waals surface area (Å²) in [6.07, 6.45) is 3.53. The van der Waals surface area contributed by atoms with Crippen LogP contribution in [0.3, 0.4) is 0 Å². The van der Waals surface area contributed by atoms with Gasteiger partial charge in [0.25, 0.3) is 0 Å². The van der Waals surface area contributed by atoms with Gasteiger partial charge in [-0.25, -0.2) is 0 Å². The van der Waals surface area contributed by atoms with E-state index in [0.29, 0.717) is 5.41 Å². The van der Waals surface area contributed by atoms with Crippen molar-refractivity contribution in [1.82, 2.24) is 5.32 Å². The van der Waals surface area contributed by atoms with Crippen molar-refractivity contribution in [2.24, 2.45) is 10.6 Å². The fraction of sp³-hybridized carbons (Fsp3) is 0.588. The molecule has 0 saturated heterocycles. The van der Waals surface area contributed by atoms with Crippen molar-refractivity contribution < 1.29 is 5.21 Å². The lowest BCUT2D eigenvalue weighted by Crippen LogP contribution is -2.09. The van der Waals surface area contributed by atoms with E-state index in [9.17, 15) is 0 Å². The number of hydrogen-bond acceptors (Lipinski definition) is 3. The minimum Gasteiger partial charge on any atom is -0.410 e. The summed E-state index contributed by atoms with van der Waals surface area (Å²) >= 11 is 0. The zero-order valence-electron chi connectivity index (χ0n) is 14.1. The smallest absolute Gasteiger partial charge is 0.132 e. The maximum absolute atomic E-state index is 8.26. The molecule has 1 rings (SSSR count). The van der Waals surface area contributed by atoms with Crippen molar-refractivity contribution >= 4 is 12.0 Å². The van der Waals surface area contributed by atoms with Gasteiger partial charge in [0.1, 0.15) is 6.34 Å². The summed E-state index contributed by atoms with van der Waals surface area (Å²) in [7, 11) is 0. The van der Waals surface area contributed by atoms with Crippen molar-refractivity contribution in [1.29, 1.82) is 0 Å². The van der Waals surface area contributed by atoms with E-state index in [1.165, 1.54) is 18.3 Å². The summed E-state index contributed by atoms with van der Waals surface area (Å²) in [5.74, 6) is 0. The Hall–Kier alpha value is -1.55. The first kappa shape index (κ1) is 19.4. The Labute approximate surface area is 129 Å². The van der Waals surface area contributed by atoms with E-state index < -0.39 is 0 Å². The van der Waals surface area contributed by atoms with Crippen LogP contribution < -0.4 is 10.6 Å². The van der Waals surface area contributed by atoms with Crippen LogP contribution in [0.25, 0.3) is 0 Å². The van der Waals surface area contributed by atoms with Gasteiger partial charge in [-0.05, 0) is 49.0 Å². The summed E-state index contributed by atoms with van der Waals surface area (Å²) in [5, 5.41) is 17.1. The van der Waals surface area contributed by atoms with E-state index in [1.807, 2.05) is 12.1 Å². The summed E-state index contributed by atoms with van der Waals surface area (Å²) < 4.78 is 0. The molecule has 0 aliphatic rings. The summed E-state index contributed by atoms with van der Waals surface area (Å²) in [6.45, 7) is 13.1. The Bertz CT molecular complexity index is 378. The van der Waals surface area contributed by atoms with Crippen LogP contribution in [0.4, 0.5) is 5.69 Å². The van der Waals surface area contributed by atoms with E-state index in [1.54, 1.807) is 0 Å². The van der Waals surface area contributed by atoms with Crippen molar-refractivity contribution in [3.8, 4) is 0 Å². The number of hydrogen-bond donors (Lipinski definition) is 3. The number of nitrogens with zero attached hydrogens (tertiary/aromatic N) is 1. The van der Waals surface area contributed by atoms with E-state index in [2.05, 4.69) is 62.5 Å². The normalized spacial score (nSPS) is 11.1. The van der Waals surface area contributed by atoms with Gasteiger partial charge in [-0.2, -0.15) is 0 Å². The van der Waals surface area contributed by atoms with Crippen LogP contribution in [0, 0.1) is 5.41 Å². The monoisotopic (exact) mass is 293 g/mol. The molecular formula is C17H31N3O. The number of anilines is 1. The Morgan fingerprint density at radius 3 is 2.05 bits per heavy atom. The molecule has 0 saturated carbocycles. The number of rotatable bonds is 6. The van der Waals surface area contributed by atoms with E-state index >= 15 is 0 Å². The van der Waals surface area contributed by atoms with E-state index in [4.69, 9.17) is 5.21 Å². The maximum Gasteiger partial charge on any atom is 0.132 e. The van der Waals surface area contributed by atoms with Crippen molar-refractivity contribution in [3.05, 3.63) is 29.8 Å². The lowest BCUT2D eigenvalue weighted by Gasteiger charge is -2.17. The van der Waals surface area contributed by atoms with Crippen molar-refractivity contribution in [2.75, 3.05) is 18.4 Å². The Morgan fingerprint density at radius 1 is 1.10 bits per heavy atom. The molecule has 3 N–H and O–H groups in total. The van der Waals surface area contributed by atoms with Gasteiger partial charge in [-0.3, -0.25) is 0 Å². The lowest BCUT2D eigenvalue weighted by atomic mass is 9.89. The highest BCUT2D eigenvalue weighted by Crippen LogP contribution is 2.21. The standard InChI is InChI=1S/C13H20N2O.C4H11N/c1-13(2,3)9-8-11-4-6-12(7-5-11)14-10-15-16;1-3-5-4-2/h4-7,10,16H,8-9H2,1-3H3,(H,14,15);5H,3-4H2,1-2H3. The molecule has 0 aliphatic heterocycles. The minimum absolute atomic E-state index is 0.375. The number of oxime groups is 1. The van der Waals surface area contributed by atoms with Crippen LogP contribution in [0.2, 0.25) is 0 Å². The Kier molecular flexibility index (Phi) is 10.3. The number of benzene rings is 1. The highest BCUT2D eigenvalue weighted by atomic mass is 16.4. The zero-order chi connectivity index (χ0) is 16.1. The number of aryl methyl sites for hydroxylation is 1. The van der Waals surface area contributed by atoms with Gasteiger partial charge in [0, 0.05) is 5.69 Å². The molecule has 0 atom stereocenters. The van der Waals surface area contributed by atoms with Crippen LogP contribution in [0.5, 0.6) is 0 Å². The molecule has 0 heterocycles. The largest absolute Gasteiger partial charge is 0.410 e. The fourth-order valence-electron chi connectivity index (χ4n) is 1.64. The predicted molar refractivity (Wildman–Crippen MR) is 92.3 cm³/mol.